The first-order valence-electron chi connectivity index (χ1n) is 9.78. The number of nitro benzene ring substituents is 1. The Balaban J connectivity index is 1.50. The smallest absolute Gasteiger partial charge is 0.294 e. The quantitative estimate of drug-likeness (QED) is 0.188. The van der Waals surface area contributed by atoms with Gasteiger partial charge in [-0.1, -0.05) is 11.6 Å². The number of hydrogen-bond acceptors (Lipinski definition) is 7. The number of furan rings is 1. The van der Waals surface area contributed by atoms with Crippen LogP contribution in [0.3, 0.4) is 0 Å². The van der Waals surface area contributed by atoms with Crippen molar-refractivity contribution in [1.29, 1.82) is 0 Å². The largest absolute Gasteiger partial charge is 0.456 e. The number of imide groups is 1. The van der Waals surface area contributed by atoms with Crippen LogP contribution in [0.4, 0.5) is 29.3 Å². The van der Waals surface area contributed by atoms with Crippen molar-refractivity contribution >= 4 is 57.9 Å². The Morgan fingerprint density at radius 2 is 1.89 bits per heavy atom. The molecule has 14 heteroatoms. The van der Waals surface area contributed by atoms with Gasteiger partial charge in [0, 0.05) is 17.2 Å². The Labute approximate surface area is 208 Å². The number of thioether (sulfide) groups is 1. The number of rotatable bonds is 6. The molecule has 0 aliphatic carbocycles. The summed E-state index contributed by atoms with van der Waals surface area (Å²) in [5.74, 6) is -6.56. The first-order valence-corrected chi connectivity index (χ1v) is 11.0. The molecule has 0 saturated carbocycles. The second-order valence-electron chi connectivity index (χ2n) is 7.16. The predicted octanol–water partition coefficient (Wildman–Crippen LogP) is 5.60. The van der Waals surface area contributed by atoms with E-state index in [9.17, 15) is 37.7 Å². The van der Waals surface area contributed by atoms with Crippen LogP contribution in [-0.2, 0) is 9.59 Å². The fraction of sp³-hybridized carbons (Fsp3) is 0.0455. The highest BCUT2D eigenvalue weighted by atomic mass is 35.5. The number of carbonyl (C=O) groups is 3. The third-order valence-electron chi connectivity index (χ3n) is 4.81. The maximum absolute atomic E-state index is 13.8. The van der Waals surface area contributed by atoms with Crippen LogP contribution < -0.4 is 5.32 Å². The summed E-state index contributed by atoms with van der Waals surface area (Å²) in [6.07, 6.45) is 1.21. The van der Waals surface area contributed by atoms with Crippen LogP contribution in [0.2, 0.25) is 5.02 Å². The lowest BCUT2D eigenvalue weighted by Gasteiger charge is -2.13. The maximum atomic E-state index is 13.8. The predicted molar refractivity (Wildman–Crippen MR) is 123 cm³/mol. The van der Waals surface area contributed by atoms with Crippen LogP contribution in [0, 0.1) is 27.6 Å². The topological polar surface area (TPSA) is 123 Å². The molecule has 0 radical (unpaired) electrons. The van der Waals surface area contributed by atoms with Crippen LogP contribution in [0.5, 0.6) is 0 Å². The molecular formula is C22H11ClF3N3O6S. The van der Waals surface area contributed by atoms with Crippen molar-refractivity contribution in [3.05, 3.63) is 85.7 Å². The van der Waals surface area contributed by atoms with Gasteiger partial charge in [-0.15, -0.1) is 0 Å². The lowest BCUT2D eigenvalue weighted by Crippen LogP contribution is -2.36. The minimum Gasteiger partial charge on any atom is -0.456 e. The van der Waals surface area contributed by atoms with Crippen LogP contribution >= 0.6 is 23.4 Å². The summed E-state index contributed by atoms with van der Waals surface area (Å²) >= 11 is 6.31. The van der Waals surface area contributed by atoms with Crippen molar-refractivity contribution in [3.8, 4) is 11.3 Å². The number of halogens is 4. The molecule has 3 aromatic rings. The first kappa shape index (κ1) is 25.0. The Hall–Kier alpha value is -4.10. The number of nitro groups is 1. The van der Waals surface area contributed by atoms with E-state index in [1.807, 2.05) is 5.32 Å². The van der Waals surface area contributed by atoms with Gasteiger partial charge in [0.1, 0.15) is 18.1 Å². The van der Waals surface area contributed by atoms with E-state index in [1.165, 1.54) is 30.3 Å². The van der Waals surface area contributed by atoms with Gasteiger partial charge in [-0.05, 0) is 48.2 Å². The molecule has 3 amide bonds. The van der Waals surface area contributed by atoms with Gasteiger partial charge in [0.05, 0.1) is 21.1 Å². The average Bonchev–Trinajstić information content (AvgIpc) is 3.39. The number of nitrogens with one attached hydrogen (secondary N) is 1. The SMILES string of the molecule is O=C(CN1C(=O)S/C(=C/c2ccc(-c3ccc(Cl)cc3[N+](=O)[O-])o2)C1=O)Nc1ccc(F)c(F)c1F. The minimum absolute atomic E-state index is 0.0908. The number of anilines is 1. The highest BCUT2D eigenvalue weighted by molar-refractivity contribution is 8.18. The van der Waals surface area contributed by atoms with Crippen LogP contribution in [0.15, 0.2) is 51.8 Å². The molecule has 9 nitrogen and oxygen atoms in total. The Bertz CT molecular complexity index is 1480. The van der Waals surface area contributed by atoms with Gasteiger partial charge in [0.15, 0.2) is 17.5 Å². The average molecular weight is 538 g/mol. The third-order valence-corrected chi connectivity index (χ3v) is 5.95. The third kappa shape index (κ3) is 4.97. The van der Waals surface area contributed by atoms with Crippen molar-refractivity contribution in [3.63, 3.8) is 0 Å². The van der Waals surface area contributed by atoms with Crippen LogP contribution in [0.1, 0.15) is 5.76 Å². The van der Waals surface area contributed by atoms with E-state index in [-0.39, 0.29) is 32.7 Å². The normalized spacial score (nSPS) is 14.6. The van der Waals surface area contributed by atoms with E-state index >= 15 is 0 Å². The Morgan fingerprint density at radius 1 is 1.14 bits per heavy atom. The Morgan fingerprint density at radius 3 is 2.61 bits per heavy atom. The van der Waals surface area contributed by atoms with Gasteiger partial charge in [0.2, 0.25) is 5.91 Å². The van der Waals surface area contributed by atoms with E-state index in [1.54, 1.807) is 0 Å². The molecule has 1 aliphatic heterocycles. The molecule has 1 aliphatic rings. The highest BCUT2D eigenvalue weighted by Gasteiger charge is 2.36. The molecule has 2 heterocycles. The molecule has 1 saturated heterocycles. The summed E-state index contributed by atoms with van der Waals surface area (Å²) in [6, 6.07) is 8.23. The van der Waals surface area contributed by atoms with Gasteiger partial charge in [0.25, 0.3) is 16.8 Å². The number of carbonyl (C=O) groups excluding carboxylic acids is 3. The standard InChI is InChI=1S/C22H11ClF3N3O6S/c23-10-1-3-12(15(7-10)29(33)34)16-6-2-11(35-16)8-17-21(31)28(22(32)36-17)9-18(30)27-14-5-4-13(24)19(25)20(14)26/h1-8H,9H2,(H,27,30)/b17-8+. The van der Waals surface area contributed by atoms with E-state index in [4.69, 9.17) is 16.0 Å². The zero-order chi connectivity index (χ0) is 26.1. The molecule has 2 aromatic carbocycles. The molecule has 0 unspecified atom stereocenters. The summed E-state index contributed by atoms with van der Waals surface area (Å²) in [6.45, 7) is -0.819. The highest BCUT2D eigenvalue weighted by Crippen LogP contribution is 2.36. The van der Waals surface area contributed by atoms with Crippen molar-refractivity contribution in [1.82, 2.24) is 4.90 Å². The molecule has 1 N–H and O–H groups in total. The minimum atomic E-state index is -1.79. The second kappa shape index (κ2) is 9.87. The Kier molecular flexibility index (Phi) is 6.86. The fourth-order valence-electron chi connectivity index (χ4n) is 3.16. The van der Waals surface area contributed by atoms with E-state index < -0.39 is 51.7 Å². The summed E-state index contributed by atoms with van der Waals surface area (Å²) < 4.78 is 45.7. The summed E-state index contributed by atoms with van der Waals surface area (Å²) in [5.41, 5.74) is -0.827. The molecule has 0 atom stereocenters. The van der Waals surface area contributed by atoms with E-state index in [0.29, 0.717) is 22.7 Å². The van der Waals surface area contributed by atoms with Gasteiger partial charge in [-0.2, -0.15) is 0 Å². The van der Waals surface area contributed by atoms with Crippen molar-refractivity contribution < 1.29 is 36.9 Å². The summed E-state index contributed by atoms with van der Waals surface area (Å²) in [4.78, 5) is 48.2. The lowest BCUT2D eigenvalue weighted by atomic mass is 10.1. The molecule has 0 spiro atoms. The lowest BCUT2D eigenvalue weighted by molar-refractivity contribution is -0.384. The molecule has 184 valence electrons. The maximum Gasteiger partial charge on any atom is 0.294 e. The van der Waals surface area contributed by atoms with Gasteiger partial charge < -0.3 is 9.73 Å². The number of hydrogen-bond donors (Lipinski definition) is 1. The number of nitrogens with zero attached hydrogens (tertiary/aromatic N) is 2. The van der Waals surface area contributed by atoms with Crippen LogP contribution in [0.25, 0.3) is 17.4 Å². The second-order valence-corrected chi connectivity index (χ2v) is 8.59. The van der Waals surface area contributed by atoms with Crippen molar-refractivity contribution in [2.24, 2.45) is 0 Å². The zero-order valence-corrected chi connectivity index (χ0v) is 19.2. The fourth-order valence-corrected chi connectivity index (χ4v) is 4.15. The number of benzene rings is 2. The monoisotopic (exact) mass is 537 g/mol. The molecule has 1 aromatic heterocycles. The molecule has 36 heavy (non-hydrogen) atoms. The molecule has 0 bridgehead atoms. The molecular weight excluding hydrogens is 527 g/mol. The zero-order valence-electron chi connectivity index (χ0n) is 17.6. The van der Waals surface area contributed by atoms with E-state index in [0.717, 1.165) is 12.1 Å². The van der Waals surface area contributed by atoms with E-state index in [2.05, 4.69) is 0 Å². The van der Waals surface area contributed by atoms with Gasteiger partial charge in [-0.3, -0.25) is 29.4 Å². The molecule has 1 fully saturated rings. The van der Waals surface area contributed by atoms with Gasteiger partial charge in [-0.25, -0.2) is 13.2 Å². The molecule has 4 rings (SSSR count). The summed E-state index contributed by atoms with van der Waals surface area (Å²) in [5, 5.41) is 12.6. The van der Waals surface area contributed by atoms with Gasteiger partial charge >= 0.3 is 0 Å². The van der Waals surface area contributed by atoms with Crippen molar-refractivity contribution in [2.75, 3.05) is 11.9 Å². The van der Waals surface area contributed by atoms with Crippen LogP contribution in [-0.4, -0.2) is 33.4 Å². The number of amides is 3. The summed E-state index contributed by atoms with van der Waals surface area (Å²) in [7, 11) is 0. The van der Waals surface area contributed by atoms with Crippen molar-refractivity contribution in [2.45, 2.75) is 0 Å². The first-order chi connectivity index (χ1) is 17.0.